The lowest BCUT2D eigenvalue weighted by molar-refractivity contribution is -0.0647. The Morgan fingerprint density at radius 2 is 2.06 bits per heavy atom. The molecule has 0 spiro atoms. The highest BCUT2D eigenvalue weighted by Crippen LogP contribution is 2.38. The third-order valence-corrected chi connectivity index (χ3v) is 6.75. The van der Waals surface area contributed by atoms with E-state index in [2.05, 4.69) is 15.0 Å². The summed E-state index contributed by atoms with van der Waals surface area (Å²) in [5.74, 6) is -0.785. The molecule has 1 aromatic carbocycles. The quantitative estimate of drug-likeness (QED) is 0.547. The Kier molecular flexibility index (Phi) is 7.18. The van der Waals surface area contributed by atoms with E-state index in [0.29, 0.717) is 5.69 Å². The molecule has 178 valence electrons. The molecular formula is C21H25FN4O6S. The van der Waals surface area contributed by atoms with E-state index in [-0.39, 0.29) is 41.3 Å². The molecule has 1 aromatic heterocycles. The summed E-state index contributed by atoms with van der Waals surface area (Å²) < 4.78 is 52.7. The molecule has 3 rings (SSSR count). The number of aliphatic hydroxyl groups excluding tert-OH is 1. The minimum atomic E-state index is -4.15. The second-order valence-electron chi connectivity index (χ2n) is 8.25. The van der Waals surface area contributed by atoms with Gasteiger partial charge in [-0.05, 0) is 31.0 Å². The number of rotatable bonds is 8. The summed E-state index contributed by atoms with van der Waals surface area (Å²) in [5.41, 5.74) is -1.72. The molecule has 1 fully saturated rings. The first-order chi connectivity index (χ1) is 15.5. The number of hydrogen-bond donors (Lipinski definition) is 2. The number of aryl methyl sites for hydroxylation is 1. The van der Waals surface area contributed by atoms with Crippen LogP contribution in [-0.4, -0.2) is 71.1 Å². The summed E-state index contributed by atoms with van der Waals surface area (Å²) in [4.78, 5) is 3.11. The van der Waals surface area contributed by atoms with Crippen molar-refractivity contribution in [3.8, 4) is 11.5 Å². The summed E-state index contributed by atoms with van der Waals surface area (Å²) in [6.07, 6.45) is -1.25. The Morgan fingerprint density at radius 1 is 1.33 bits per heavy atom. The minimum absolute atomic E-state index is 0.0714. The van der Waals surface area contributed by atoms with Gasteiger partial charge in [0.1, 0.15) is 17.5 Å². The highest BCUT2D eigenvalue weighted by atomic mass is 32.2. The van der Waals surface area contributed by atoms with Gasteiger partial charge in [0.15, 0.2) is 16.5 Å². The molecule has 0 unspecified atom stereocenters. The zero-order valence-corrected chi connectivity index (χ0v) is 19.2. The fourth-order valence-electron chi connectivity index (χ4n) is 3.19. The first-order valence-electron chi connectivity index (χ1n) is 10.1. The lowest BCUT2D eigenvalue weighted by atomic mass is 10.0. The summed E-state index contributed by atoms with van der Waals surface area (Å²) in [6, 6.07) is 4.91. The van der Waals surface area contributed by atoms with Crippen LogP contribution in [0.15, 0.2) is 29.3 Å². The monoisotopic (exact) mass is 480 g/mol. The maximum Gasteiger partial charge on any atom is 0.262 e. The van der Waals surface area contributed by atoms with E-state index in [0.717, 1.165) is 10.4 Å². The molecule has 2 aromatic rings. The van der Waals surface area contributed by atoms with Gasteiger partial charge in [-0.15, -0.1) is 5.10 Å². The minimum Gasteiger partial charge on any atom is -0.491 e. The average Bonchev–Trinajstić information content (AvgIpc) is 3.11. The van der Waals surface area contributed by atoms with Gasteiger partial charge in [0.2, 0.25) is 5.69 Å². The van der Waals surface area contributed by atoms with Gasteiger partial charge in [0.25, 0.3) is 10.0 Å². The van der Waals surface area contributed by atoms with Crippen molar-refractivity contribution in [2.45, 2.75) is 37.5 Å². The van der Waals surface area contributed by atoms with Gasteiger partial charge in [-0.25, -0.2) is 17.7 Å². The van der Waals surface area contributed by atoms with Crippen molar-refractivity contribution < 1.29 is 32.5 Å². The maximum absolute atomic E-state index is 14.3. The highest BCUT2D eigenvalue weighted by Gasteiger charge is 2.51. The van der Waals surface area contributed by atoms with Crippen molar-refractivity contribution in [3.05, 3.63) is 47.2 Å². The molecule has 0 amide bonds. The van der Waals surface area contributed by atoms with Crippen LogP contribution >= 0.6 is 0 Å². The number of nitrogens with zero attached hydrogens (tertiary/aromatic N) is 4. The molecule has 10 nitrogen and oxygen atoms in total. The van der Waals surface area contributed by atoms with Crippen LogP contribution in [0.5, 0.6) is 11.5 Å². The number of aromatic nitrogens is 2. The number of sulfonamides is 1. The molecule has 12 heteroatoms. The summed E-state index contributed by atoms with van der Waals surface area (Å²) >= 11 is 0. The first-order valence-corrected chi connectivity index (χ1v) is 11.6. The molecule has 2 atom stereocenters. The molecule has 0 aliphatic carbocycles. The van der Waals surface area contributed by atoms with Crippen molar-refractivity contribution >= 4 is 15.7 Å². The van der Waals surface area contributed by atoms with Crippen LogP contribution in [0.25, 0.3) is 4.85 Å². The Labute approximate surface area is 191 Å². The molecule has 33 heavy (non-hydrogen) atoms. The molecule has 0 radical (unpaired) electrons. The highest BCUT2D eigenvalue weighted by molar-refractivity contribution is 7.89. The predicted molar refractivity (Wildman–Crippen MR) is 115 cm³/mol. The predicted octanol–water partition coefficient (Wildman–Crippen LogP) is 1.69. The molecule has 0 bridgehead atoms. The van der Waals surface area contributed by atoms with E-state index in [1.165, 1.54) is 18.2 Å². The molecule has 1 aliphatic rings. The third-order valence-electron chi connectivity index (χ3n) is 5.05. The number of halogens is 1. The lowest BCUT2D eigenvalue weighted by Gasteiger charge is -2.28. The third kappa shape index (κ3) is 5.22. The van der Waals surface area contributed by atoms with Crippen molar-refractivity contribution in [1.82, 2.24) is 14.5 Å². The maximum atomic E-state index is 14.3. The van der Waals surface area contributed by atoms with Crippen molar-refractivity contribution in [1.29, 1.82) is 0 Å². The van der Waals surface area contributed by atoms with E-state index in [1.807, 2.05) is 13.8 Å². The molecule has 0 saturated carbocycles. The molecule has 2 heterocycles. The van der Waals surface area contributed by atoms with E-state index in [9.17, 15) is 23.0 Å². The van der Waals surface area contributed by atoms with Gasteiger partial charge in [0, 0.05) is 12.6 Å². The molecule has 1 aliphatic heterocycles. The Morgan fingerprint density at radius 3 is 2.64 bits per heavy atom. The standard InChI is InChI=1S/C21H25FN4O6S/c1-13(2)10-31-17-8-16(23-4)15(22)7-18(17)32-19-9-26(11-21(19,28)12-27)33(29,30)20-6-5-14(3)24-25-20/h5-8,13,19,27-28H,9-12H2,1-3H3/t19-,21+/m0/s1. The van der Waals surface area contributed by atoms with Crippen LogP contribution in [0.1, 0.15) is 19.5 Å². The van der Waals surface area contributed by atoms with Crippen LogP contribution in [0.2, 0.25) is 0 Å². The van der Waals surface area contributed by atoms with Crippen molar-refractivity contribution in [2.75, 3.05) is 26.3 Å². The van der Waals surface area contributed by atoms with Gasteiger partial charge in [0.05, 0.1) is 32.0 Å². The fraction of sp³-hybridized carbons (Fsp3) is 0.476. The van der Waals surface area contributed by atoms with Crippen LogP contribution < -0.4 is 9.47 Å². The van der Waals surface area contributed by atoms with Crippen LogP contribution in [0.3, 0.4) is 0 Å². The molecule has 1 saturated heterocycles. The second kappa shape index (κ2) is 9.56. The zero-order valence-electron chi connectivity index (χ0n) is 18.4. The Bertz CT molecular complexity index is 1150. The number of hydrogen-bond acceptors (Lipinski definition) is 8. The smallest absolute Gasteiger partial charge is 0.262 e. The van der Waals surface area contributed by atoms with Gasteiger partial charge in [-0.3, -0.25) is 0 Å². The summed E-state index contributed by atoms with van der Waals surface area (Å²) in [7, 11) is -4.15. The topological polar surface area (TPSA) is 126 Å². The number of ether oxygens (including phenoxy) is 2. The first kappa shape index (κ1) is 24.8. The Balaban J connectivity index is 1.92. The second-order valence-corrected chi connectivity index (χ2v) is 10.1. The van der Waals surface area contributed by atoms with Crippen molar-refractivity contribution in [3.63, 3.8) is 0 Å². The number of benzene rings is 1. The van der Waals surface area contributed by atoms with Gasteiger partial charge in [-0.1, -0.05) is 13.8 Å². The number of β-amino-alcohol motifs (C(OH)–C–C–N with tert-alkyl or cyclic N) is 1. The van der Waals surface area contributed by atoms with Crippen LogP contribution in [0, 0.1) is 25.2 Å². The van der Waals surface area contributed by atoms with Crippen LogP contribution in [0.4, 0.5) is 10.1 Å². The van der Waals surface area contributed by atoms with Crippen LogP contribution in [-0.2, 0) is 10.0 Å². The van der Waals surface area contributed by atoms with E-state index in [4.69, 9.17) is 16.0 Å². The van der Waals surface area contributed by atoms with Gasteiger partial charge >= 0.3 is 0 Å². The van der Waals surface area contributed by atoms with E-state index >= 15 is 0 Å². The SMILES string of the molecule is [C-]#[N+]c1cc(OCC(C)C)c(O[C@H]2CN(S(=O)(=O)c3ccc(C)nn3)C[C@@]2(O)CO)cc1F. The number of aliphatic hydroxyl groups is 2. The van der Waals surface area contributed by atoms with Gasteiger partial charge < -0.3 is 19.7 Å². The van der Waals surface area contributed by atoms with Gasteiger partial charge in [-0.2, -0.15) is 9.40 Å². The normalized spacial score (nSPS) is 21.2. The summed E-state index contributed by atoms with van der Waals surface area (Å²) in [5, 5.41) is 27.9. The van der Waals surface area contributed by atoms with Crippen molar-refractivity contribution in [2.24, 2.45) is 5.92 Å². The zero-order chi connectivity index (χ0) is 24.4. The Hall–Kier alpha value is -2.85. The fourth-order valence-corrected chi connectivity index (χ4v) is 4.56. The summed E-state index contributed by atoms with van der Waals surface area (Å²) in [6.45, 7) is 11.2. The molecular weight excluding hydrogens is 455 g/mol. The van der Waals surface area contributed by atoms with E-state index in [1.54, 1.807) is 6.92 Å². The molecule has 2 N–H and O–H groups in total. The average molecular weight is 481 g/mol. The van der Waals surface area contributed by atoms with E-state index < -0.39 is 40.7 Å². The lowest BCUT2D eigenvalue weighted by Crippen LogP contribution is -2.48. The largest absolute Gasteiger partial charge is 0.491 e.